The average Bonchev–Trinajstić information content (AvgIpc) is 3.09. The molecule has 0 fully saturated rings. The number of aromatic nitrogens is 1. The van der Waals surface area contributed by atoms with Crippen molar-refractivity contribution >= 4 is 46.4 Å². The summed E-state index contributed by atoms with van der Waals surface area (Å²) in [5.41, 5.74) is 0.669. The molecule has 2 aromatic rings. The number of hydrogen-bond donors (Lipinski definition) is 0. The van der Waals surface area contributed by atoms with Crippen LogP contribution in [-0.4, -0.2) is 34.9 Å². The molecule has 0 aliphatic carbocycles. The Kier molecular flexibility index (Phi) is 8.54. The summed E-state index contributed by atoms with van der Waals surface area (Å²) in [5.74, 6) is -0.634. The number of carbonyl (C=O) groups is 2. The van der Waals surface area contributed by atoms with Gasteiger partial charge >= 0.3 is 5.97 Å². The predicted molar refractivity (Wildman–Crippen MR) is 109 cm³/mol. The van der Waals surface area contributed by atoms with Crippen molar-refractivity contribution in [2.45, 2.75) is 39.7 Å². The molecule has 5 nitrogen and oxygen atoms in total. The molecule has 2 rings (SSSR count). The molecule has 0 spiro atoms. The normalized spacial score (nSPS) is 10.7. The highest BCUT2D eigenvalue weighted by atomic mass is 35.5. The lowest BCUT2D eigenvalue weighted by Crippen LogP contribution is -2.31. The zero-order chi connectivity index (χ0) is 19.8. The van der Waals surface area contributed by atoms with Gasteiger partial charge in [0.25, 0.3) is 5.91 Å². The number of ether oxygens (including phenoxy) is 1. The molecule has 1 aromatic carbocycles. The van der Waals surface area contributed by atoms with Gasteiger partial charge in [0.15, 0.2) is 5.69 Å². The molecule has 0 N–H and O–H groups in total. The SMILES string of the molecule is CCCCCN(Cc1nc(C(=O)OCC)cs1)C(=O)c1ccc(Cl)cc1Cl. The monoisotopic (exact) mass is 428 g/mol. The molecule has 146 valence electrons. The molecule has 1 aromatic heterocycles. The van der Waals surface area contributed by atoms with Crippen molar-refractivity contribution in [2.24, 2.45) is 0 Å². The molecule has 0 bridgehead atoms. The van der Waals surface area contributed by atoms with Crippen molar-refractivity contribution in [1.29, 1.82) is 0 Å². The second-order valence-electron chi connectivity index (χ2n) is 5.90. The number of amides is 1. The van der Waals surface area contributed by atoms with Crippen molar-refractivity contribution in [3.8, 4) is 0 Å². The third kappa shape index (κ3) is 6.19. The maximum absolute atomic E-state index is 13.0. The van der Waals surface area contributed by atoms with E-state index in [1.165, 1.54) is 11.3 Å². The maximum Gasteiger partial charge on any atom is 0.357 e. The van der Waals surface area contributed by atoms with Crippen LogP contribution in [0.25, 0.3) is 0 Å². The fraction of sp³-hybridized carbons (Fsp3) is 0.421. The molecule has 0 saturated carbocycles. The van der Waals surface area contributed by atoms with E-state index in [9.17, 15) is 9.59 Å². The molecular weight excluding hydrogens is 407 g/mol. The first kappa shape index (κ1) is 21.7. The second kappa shape index (κ2) is 10.6. The minimum Gasteiger partial charge on any atom is -0.461 e. The van der Waals surface area contributed by atoms with Crippen LogP contribution < -0.4 is 0 Å². The lowest BCUT2D eigenvalue weighted by Gasteiger charge is -2.22. The molecule has 0 aliphatic rings. The quantitative estimate of drug-likeness (QED) is 0.392. The van der Waals surface area contributed by atoms with Gasteiger partial charge < -0.3 is 9.64 Å². The van der Waals surface area contributed by atoms with Gasteiger partial charge in [-0.15, -0.1) is 11.3 Å². The van der Waals surface area contributed by atoms with Crippen LogP contribution in [0.5, 0.6) is 0 Å². The minimum absolute atomic E-state index is 0.180. The van der Waals surface area contributed by atoms with Crippen molar-refractivity contribution in [3.63, 3.8) is 0 Å². The predicted octanol–water partition coefficient (Wildman–Crippen LogP) is 5.46. The lowest BCUT2D eigenvalue weighted by atomic mass is 10.1. The van der Waals surface area contributed by atoms with E-state index < -0.39 is 5.97 Å². The van der Waals surface area contributed by atoms with E-state index in [4.69, 9.17) is 27.9 Å². The third-order valence-electron chi connectivity index (χ3n) is 3.84. The summed E-state index contributed by atoms with van der Waals surface area (Å²) < 4.78 is 4.96. The Labute approximate surface area is 173 Å². The van der Waals surface area contributed by atoms with Crippen molar-refractivity contribution in [1.82, 2.24) is 9.88 Å². The molecular formula is C19H22Cl2N2O3S. The van der Waals surface area contributed by atoms with Crippen LogP contribution in [0, 0.1) is 0 Å². The van der Waals surface area contributed by atoms with Gasteiger partial charge in [0.2, 0.25) is 0 Å². The Morgan fingerprint density at radius 3 is 2.67 bits per heavy atom. The number of halogens is 2. The van der Waals surface area contributed by atoms with Crippen LogP contribution in [0.2, 0.25) is 10.0 Å². The van der Waals surface area contributed by atoms with Gasteiger partial charge in [-0.1, -0.05) is 43.0 Å². The number of carbonyl (C=O) groups excluding carboxylic acids is 2. The fourth-order valence-corrected chi connectivity index (χ4v) is 3.75. The Morgan fingerprint density at radius 1 is 1.22 bits per heavy atom. The van der Waals surface area contributed by atoms with E-state index in [1.54, 1.807) is 35.4 Å². The molecule has 0 radical (unpaired) electrons. The van der Waals surface area contributed by atoms with E-state index in [1.807, 2.05) is 0 Å². The van der Waals surface area contributed by atoms with Gasteiger partial charge in [0, 0.05) is 16.9 Å². The number of benzene rings is 1. The van der Waals surface area contributed by atoms with E-state index in [2.05, 4.69) is 11.9 Å². The molecule has 0 aliphatic heterocycles. The van der Waals surface area contributed by atoms with Crippen LogP contribution in [0.1, 0.15) is 59.0 Å². The maximum atomic E-state index is 13.0. The van der Waals surface area contributed by atoms with Crippen molar-refractivity contribution in [3.05, 3.63) is 49.9 Å². The van der Waals surface area contributed by atoms with Crippen LogP contribution in [0.3, 0.4) is 0 Å². The number of nitrogens with zero attached hydrogens (tertiary/aromatic N) is 2. The number of unbranched alkanes of at least 4 members (excludes halogenated alkanes) is 2. The summed E-state index contributed by atoms with van der Waals surface area (Å²) in [6.45, 7) is 5.04. The van der Waals surface area contributed by atoms with E-state index >= 15 is 0 Å². The molecule has 1 amide bonds. The van der Waals surface area contributed by atoms with E-state index in [0.29, 0.717) is 40.3 Å². The highest BCUT2D eigenvalue weighted by Crippen LogP contribution is 2.24. The molecule has 0 saturated heterocycles. The molecule has 27 heavy (non-hydrogen) atoms. The van der Waals surface area contributed by atoms with Gasteiger partial charge in [-0.05, 0) is 31.5 Å². The third-order valence-corrected chi connectivity index (χ3v) is 5.22. The van der Waals surface area contributed by atoms with Crippen LogP contribution >= 0.6 is 34.5 Å². The second-order valence-corrected chi connectivity index (χ2v) is 7.69. The summed E-state index contributed by atoms with van der Waals surface area (Å²) in [6.07, 6.45) is 2.95. The van der Waals surface area contributed by atoms with Crippen molar-refractivity contribution < 1.29 is 14.3 Å². The van der Waals surface area contributed by atoms with Crippen LogP contribution in [0.4, 0.5) is 0 Å². The Hall–Kier alpha value is -1.63. The standard InChI is InChI=1S/C19H22Cl2N2O3S/c1-3-5-6-9-23(18(24)14-8-7-13(20)10-15(14)21)11-17-22-16(12-27-17)19(25)26-4-2/h7-8,10,12H,3-6,9,11H2,1-2H3. The molecule has 0 atom stereocenters. The highest BCUT2D eigenvalue weighted by Gasteiger charge is 2.21. The molecule has 8 heteroatoms. The smallest absolute Gasteiger partial charge is 0.357 e. The first-order chi connectivity index (χ1) is 13.0. The number of esters is 1. The van der Waals surface area contributed by atoms with Crippen LogP contribution in [0.15, 0.2) is 23.6 Å². The molecule has 1 heterocycles. The van der Waals surface area contributed by atoms with Gasteiger partial charge in [-0.2, -0.15) is 0 Å². The van der Waals surface area contributed by atoms with E-state index in [0.717, 1.165) is 19.3 Å². The van der Waals surface area contributed by atoms with Gasteiger partial charge in [-0.3, -0.25) is 4.79 Å². The average molecular weight is 429 g/mol. The number of rotatable bonds is 9. The largest absolute Gasteiger partial charge is 0.461 e. The Balaban J connectivity index is 2.18. The highest BCUT2D eigenvalue weighted by molar-refractivity contribution is 7.09. The Bertz CT molecular complexity index is 795. The van der Waals surface area contributed by atoms with Gasteiger partial charge in [-0.25, -0.2) is 9.78 Å². The summed E-state index contributed by atoms with van der Waals surface area (Å²) in [4.78, 5) is 30.8. The summed E-state index contributed by atoms with van der Waals surface area (Å²) >= 11 is 13.5. The van der Waals surface area contributed by atoms with Gasteiger partial charge in [0.1, 0.15) is 5.01 Å². The first-order valence-corrected chi connectivity index (χ1v) is 10.5. The van der Waals surface area contributed by atoms with E-state index in [-0.39, 0.29) is 11.6 Å². The lowest BCUT2D eigenvalue weighted by molar-refractivity contribution is 0.0520. The summed E-state index contributed by atoms with van der Waals surface area (Å²) in [6, 6.07) is 4.83. The van der Waals surface area contributed by atoms with Crippen LogP contribution in [-0.2, 0) is 11.3 Å². The first-order valence-electron chi connectivity index (χ1n) is 8.82. The Morgan fingerprint density at radius 2 is 2.00 bits per heavy atom. The van der Waals surface area contributed by atoms with Crippen molar-refractivity contribution in [2.75, 3.05) is 13.2 Å². The van der Waals surface area contributed by atoms with Gasteiger partial charge in [0.05, 0.1) is 23.7 Å². The molecule has 0 unspecified atom stereocenters. The summed E-state index contributed by atoms with van der Waals surface area (Å²) in [5, 5.41) is 3.12. The zero-order valence-corrected chi connectivity index (χ0v) is 17.7. The topological polar surface area (TPSA) is 59.5 Å². The number of hydrogen-bond acceptors (Lipinski definition) is 5. The fourth-order valence-electron chi connectivity index (χ4n) is 2.48. The number of thiazole rings is 1. The zero-order valence-electron chi connectivity index (χ0n) is 15.3. The summed E-state index contributed by atoms with van der Waals surface area (Å²) in [7, 11) is 0. The minimum atomic E-state index is -0.454.